The average Bonchev–Trinajstić information content (AvgIpc) is 2.86. The molecule has 10 heteroatoms. The van der Waals surface area contributed by atoms with Gasteiger partial charge in [-0.05, 0) is 60.6 Å². The van der Waals surface area contributed by atoms with Crippen LogP contribution in [0.15, 0.2) is 53.3 Å². The van der Waals surface area contributed by atoms with Crippen LogP contribution in [0.1, 0.15) is 30.9 Å². The second-order valence-corrected chi connectivity index (χ2v) is 10.2. The van der Waals surface area contributed by atoms with Gasteiger partial charge in [-0.25, -0.2) is 4.39 Å². The average molecular weight is 523 g/mol. The Balaban J connectivity index is 1.61. The molecule has 3 aliphatic rings. The minimum atomic E-state index is -2.59. The lowest BCUT2D eigenvalue weighted by Crippen LogP contribution is -2.58. The summed E-state index contributed by atoms with van der Waals surface area (Å²) in [7, 11) is 0. The Morgan fingerprint density at radius 3 is 2.45 bits per heavy atom. The van der Waals surface area contributed by atoms with Crippen molar-refractivity contribution in [2.24, 2.45) is 17.6 Å². The number of nitrogens with one attached hydrogen (secondary N) is 1. The number of aliphatic hydroxyl groups excluding tert-OH is 2. The zero-order valence-corrected chi connectivity index (χ0v) is 20.5. The van der Waals surface area contributed by atoms with Crippen LogP contribution in [0.5, 0.6) is 5.75 Å². The number of hydrogen-bond donors (Lipinski definition) is 6. The van der Waals surface area contributed by atoms with Crippen LogP contribution in [0.3, 0.4) is 0 Å². The highest BCUT2D eigenvalue weighted by Gasteiger charge is 2.60. The number of anilines is 1. The number of hydrogen-bond acceptors (Lipinski definition) is 8. The van der Waals surface area contributed by atoms with Gasteiger partial charge in [0, 0.05) is 23.6 Å². The minimum absolute atomic E-state index is 0.0304. The molecule has 0 heterocycles. The van der Waals surface area contributed by atoms with E-state index in [1.807, 2.05) is 12.1 Å². The van der Waals surface area contributed by atoms with Crippen LogP contribution < -0.4 is 11.1 Å². The molecule has 0 spiro atoms. The molecule has 38 heavy (non-hydrogen) atoms. The highest BCUT2D eigenvalue weighted by Crippen LogP contribution is 2.53. The van der Waals surface area contributed by atoms with Gasteiger partial charge in [-0.3, -0.25) is 14.4 Å². The fraction of sp³-hybridized carbons (Fsp3) is 0.321. The van der Waals surface area contributed by atoms with Gasteiger partial charge in [0.2, 0.25) is 5.78 Å². The third-order valence-electron chi connectivity index (χ3n) is 7.79. The van der Waals surface area contributed by atoms with E-state index in [0.717, 1.165) is 11.3 Å². The van der Waals surface area contributed by atoms with E-state index in [-0.39, 0.29) is 42.2 Å². The van der Waals surface area contributed by atoms with Gasteiger partial charge in [0.1, 0.15) is 29.5 Å². The van der Waals surface area contributed by atoms with Crippen molar-refractivity contribution in [1.82, 2.24) is 0 Å². The van der Waals surface area contributed by atoms with Crippen LogP contribution >= 0.6 is 0 Å². The number of carbonyl (C=O) groups excluding carboxylic acids is 3. The van der Waals surface area contributed by atoms with Gasteiger partial charge in [0.05, 0.1) is 11.6 Å². The number of ketones is 2. The SMILES string of the molecule is CC(CF)Nc1ccc(-c2ccc(O)c3c2CC2CC4CC(=O)C(C(N)=O)=C(O)C4(O)C(=O)C2=C3O)cc1. The van der Waals surface area contributed by atoms with Crippen molar-refractivity contribution in [1.29, 1.82) is 0 Å². The van der Waals surface area contributed by atoms with E-state index in [2.05, 4.69) is 5.32 Å². The predicted octanol–water partition coefficient (Wildman–Crippen LogP) is 2.86. The number of Topliss-reactive ketones (excluding diaryl/α,β-unsaturated/α-hetero) is 2. The van der Waals surface area contributed by atoms with E-state index in [1.54, 1.807) is 25.1 Å². The monoisotopic (exact) mass is 522 g/mol. The Hall–Kier alpha value is -4.18. The first-order valence-electron chi connectivity index (χ1n) is 12.2. The number of primary amides is 1. The third-order valence-corrected chi connectivity index (χ3v) is 7.79. The summed E-state index contributed by atoms with van der Waals surface area (Å²) in [6.07, 6.45) is -0.111. The maximum Gasteiger partial charge on any atom is 0.255 e. The quantitative estimate of drug-likeness (QED) is 0.326. The zero-order valence-electron chi connectivity index (χ0n) is 20.5. The van der Waals surface area contributed by atoms with Crippen LogP contribution in [0.25, 0.3) is 16.9 Å². The lowest BCUT2D eigenvalue weighted by atomic mass is 9.59. The summed E-state index contributed by atoms with van der Waals surface area (Å²) in [6.45, 7) is 1.19. The number of rotatable bonds is 5. The third kappa shape index (κ3) is 3.66. The number of phenolic OH excluding ortho intramolecular Hbond substituents is 1. The van der Waals surface area contributed by atoms with E-state index >= 15 is 0 Å². The van der Waals surface area contributed by atoms with Gasteiger partial charge in [-0.2, -0.15) is 0 Å². The first-order valence-corrected chi connectivity index (χ1v) is 12.2. The van der Waals surface area contributed by atoms with E-state index in [1.165, 1.54) is 6.07 Å². The Bertz CT molecular complexity index is 1450. The first kappa shape index (κ1) is 25.5. The maximum absolute atomic E-state index is 13.6. The van der Waals surface area contributed by atoms with Gasteiger partial charge < -0.3 is 31.5 Å². The molecular formula is C28H27FN2O7. The summed E-state index contributed by atoms with van der Waals surface area (Å²) in [4.78, 5) is 37.9. The molecule has 2 aromatic carbocycles. The molecule has 0 aromatic heterocycles. The molecule has 4 atom stereocenters. The van der Waals surface area contributed by atoms with Crippen molar-refractivity contribution in [2.75, 3.05) is 12.0 Å². The number of aromatic hydroxyl groups is 1. The normalized spacial score (nSPS) is 25.4. The summed E-state index contributed by atoms with van der Waals surface area (Å²) >= 11 is 0. The Morgan fingerprint density at radius 1 is 1.13 bits per heavy atom. The van der Waals surface area contributed by atoms with Crippen molar-refractivity contribution in [2.45, 2.75) is 37.8 Å². The number of aliphatic hydroxyl groups is 3. The molecule has 0 bridgehead atoms. The van der Waals surface area contributed by atoms with E-state index < -0.39 is 58.7 Å². The standard InChI is InChI=1S/C28H27FN2O7/c1-12(11-29)31-16-4-2-13(3-5-16)17-6-7-19(32)22-18(17)9-14-8-15-10-20(33)23(27(30)37)26(36)28(15,38)25(35)21(14)24(22)34/h2-7,12,14-15,31-32,34,36,38H,8-11H2,1H3,(H2,30,37). The van der Waals surface area contributed by atoms with Crippen LogP contribution in [-0.4, -0.2) is 56.2 Å². The van der Waals surface area contributed by atoms with Crippen molar-refractivity contribution < 1.29 is 39.2 Å². The Kier molecular flexibility index (Phi) is 6.02. The molecule has 198 valence electrons. The summed E-state index contributed by atoms with van der Waals surface area (Å²) in [6, 6.07) is 9.92. The lowest BCUT2D eigenvalue weighted by Gasteiger charge is -2.46. The van der Waals surface area contributed by atoms with Crippen LogP contribution in [-0.2, 0) is 20.8 Å². The van der Waals surface area contributed by atoms with Gasteiger partial charge in [0.15, 0.2) is 11.4 Å². The Labute approximate surface area is 217 Å². The largest absolute Gasteiger partial charge is 0.508 e. The summed E-state index contributed by atoms with van der Waals surface area (Å²) < 4.78 is 12.9. The fourth-order valence-corrected chi connectivity index (χ4v) is 5.96. The minimum Gasteiger partial charge on any atom is -0.508 e. The Morgan fingerprint density at radius 2 is 1.82 bits per heavy atom. The van der Waals surface area contributed by atoms with Crippen LogP contribution in [0.4, 0.5) is 10.1 Å². The number of alkyl halides is 1. The maximum atomic E-state index is 13.6. The van der Waals surface area contributed by atoms with E-state index in [4.69, 9.17) is 5.73 Å². The first-order chi connectivity index (χ1) is 18.0. The van der Waals surface area contributed by atoms with Gasteiger partial charge >= 0.3 is 0 Å². The summed E-state index contributed by atoms with van der Waals surface area (Å²) in [5.74, 6) is -6.63. The lowest BCUT2D eigenvalue weighted by molar-refractivity contribution is -0.147. The fourth-order valence-electron chi connectivity index (χ4n) is 5.96. The molecule has 5 rings (SSSR count). The van der Waals surface area contributed by atoms with Crippen molar-refractivity contribution in [3.05, 3.63) is 64.4 Å². The number of benzene rings is 2. The summed E-state index contributed by atoms with van der Waals surface area (Å²) in [5.41, 5.74) is 4.39. The molecule has 0 aliphatic heterocycles. The number of fused-ring (bicyclic) bond motifs is 3. The number of halogens is 1. The molecule has 1 amide bonds. The van der Waals surface area contributed by atoms with Gasteiger partial charge in [-0.15, -0.1) is 0 Å². The molecule has 4 unspecified atom stereocenters. The zero-order chi connectivity index (χ0) is 27.5. The highest BCUT2D eigenvalue weighted by molar-refractivity contribution is 6.22. The number of amides is 1. The number of nitrogens with two attached hydrogens (primary N) is 1. The molecule has 9 nitrogen and oxygen atoms in total. The molecule has 1 saturated carbocycles. The van der Waals surface area contributed by atoms with E-state index in [0.29, 0.717) is 11.1 Å². The second kappa shape index (κ2) is 8.98. The number of carbonyl (C=O) groups is 3. The molecule has 0 radical (unpaired) electrons. The van der Waals surface area contributed by atoms with Crippen LogP contribution in [0.2, 0.25) is 0 Å². The molecule has 2 aromatic rings. The molecule has 3 aliphatic carbocycles. The molecular weight excluding hydrogens is 495 g/mol. The molecule has 0 saturated heterocycles. The van der Waals surface area contributed by atoms with Gasteiger partial charge in [0.25, 0.3) is 5.91 Å². The van der Waals surface area contributed by atoms with Crippen LogP contribution in [0, 0.1) is 11.8 Å². The number of phenols is 1. The summed E-state index contributed by atoms with van der Waals surface area (Å²) in [5, 5.41) is 46.9. The molecule has 7 N–H and O–H groups in total. The predicted molar refractivity (Wildman–Crippen MR) is 136 cm³/mol. The van der Waals surface area contributed by atoms with E-state index in [9.17, 15) is 39.2 Å². The smallest absolute Gasteiger partial charge is 0.255 e. The van der Waals surface area contributed by atoms with Crippen molar-refractivity contribution >= 4 is 28.9 Å². The highest BCUT2D eigenvalue weighted by atomic mass is 19.1. The second-order valence-electron chi connectivity index (χ2n) is 10.2. The van der Waals surface area contributed by atoms with Gasteiger partial charge in [-0.1, -0.05) is 18.2 Å². The van der Waals surface area contributed by atoms with Crippen molar-refractivity contribution in [3.8, 4) is 16.9 Å². The molecule has 1 fully saturated rings. The van der Waals surface area contributed by atoms with Crippen molar-refractivity contribution in [3.63, 3.8) is 0 Å². The topological polar surface area (TPSA) is 170 Å².